The molecule has 0 radical (unpaired) electrons. The molecule has 0 bridgehead atoms. The summed E-state index contributed by atoms with van der Waals surface area (Å²) in [7, 11) is 1.52. The second-order valence-corrected chi connectivity index (χ2v) is 6.43. The van der Waals surface area contributed by atoms with Crippen molar-refractivity contribution in [2.75, 3.05) is 13.7 Å². The summed E-state index contributed by atoms with van der Waals surface area (Å²) >= 11 is 0. The van der Waals surface area contributed by atoms with Gasteiger partial charge in [0.15, 0.2) is 0 Å². The monoisotopic (exact) mass is 400 g/mol. The van der Waals surface area contributed by atoms with Gasteiger partial charge < -0.3 is 26.2 Å². The van der Waals surface area contributed by atoms with Crippen LogP contribution in [-0.2, 0) is 19.1 Å². The second kappa shape index (κ2) is 10.9. The quantitative estimate of drug-likeness (QED) is 0.448. The number of nitrogens with two attached hydrogens (primary N) is 1. The molecule has 0 aliphatic heterocycles. The standard InChI is InChI=1S/C21H25N3O5/c1-29-13-17(14-8-4-2-5-9-14)23-21(28)19(15-10-6-3-7-11-15)24-20(27)16(22)12-18(25)26/h2-11,16-17,19H,12-13,22H2,1H3,(H,23,28)(H,24,27)(H,25,26)/t16-,17-,19?/m0/s1/i/hD. The van der Waals surface area contributed by atoms with E-state index in [9.17, 15) is 14.4 Å². The van der Waals surface area contributed by atoms with Crippen molar-refractivity contribution in [2.24, 2.45) is 5.73 Å². The molecule has 1 unspecified atom stereocenters. The number of carbonyl (C=O) groups excluding carboxylic acids is 2. The summed E-state index contributed by atoms with van der Waals surface area (Å²) in [5, 5.41) is 14.4. The highest BCUT2D eigenvalue weighted by atomic mass is 16.5. The number of hydrogen-bond donors (Lipinski definition) is 4. The van der Waals surface area contributed by atoms with Crippen molar-refractivity contribution in [3.05, 3.63) is 71.8 Å². The lowest BCUT2D eigenvalue weighted by molar-refractivity contribution is -0.139. The molecule has 8 nitrogen and oxygen atoms in total. The van der Waals surface area contributed by atoms with Gasteiger partial charge in [-0.1, -0.05) is 60.7 Å². The van der Waals surface area contributed by atoms with E-state index in [1.165, 1.54) is 7.11 Å². The summed E-state index contributed by atoms with van der Waals surface area (Å²) in [6.45, 7) is 0.223. The topological polar surface area (TPSA) is 131 Å². The Balaban J connectivity index is 2.24. The molecule has 0 spiro atoms. The van der Waals surface area contributed by atoms with E-state index in [1.807, 2.05) is 36.1 Å². The summed E-state index contributed by atoms with van der Waals surface area (Å²) < 4.78 is 12.5. The molecule has 0 saturated carbocycles. The minimum absolute atomic E-state index is 0.223. The first kappa shape index (κ1) is 20.5. The molecule has 29 heavy (non-hydrogen) atoms. The van der Waals surface area contributed by atoms with Crippen LogP contribution in [0.2, 0.25) is 1.41 Å². The summed E-state index contributed by atoms with van der Waals surface area (Å²) in [4.78, 5) is 36.6. The van der Waals surface area contributed by atoms with E-state index >= 15 is 0 Å². The predicted molar refractivity (Wildman–Crippen MR) is 107 cm³/mol. The molecular weight excluding hydrogens is 374 g/mol. The lowest BCUT2D eigenvalue weighted by atomic mass is 10.0. The number of ether oxygens (including phenoxy) is 1. The average Bonchev–Trinajstić information content (AvgIpc) is 2.76. The molecule has 0 aliphatic rings. The molecule has 0 fully saturated rings. The first-order valence-electron chi connectivity index (χ1n) is 9.55. The lowest BCUT2D eigenvalue weighted by Crippen LogP contribution is -2.48. The fourth-order valence-electron chi connectivity index (χ4n) is 2.78. The highest BCUT2D eigenvalue weighted by Crippen LogP contribution is 2.18. The summed E-state index contributed by atoms with van der Waals surface area (Å²) in [5.74, 6) is -2.49. The molecular formula is C21H25N3O5. The third-order valence-corrected chi connectivity index (χ3v) is 4.23. The number of hydrogen-bond acceptors (Lipinski definition) is 5. The van der Waals surface area contributed by atoms with Crippen LogP contribution < -0.4 is 16.4 Å². The fourth-order valence-corrected chi connectivity index (χ4v) is 2.78. The number of rotatable bonds is 11. The summed E-state index contributed by atoms with van der Waals surface area (Å²) in [5.41, 5.74) is 3.28. The average molecular weight is 400 g/mol. The molecule has 0 saturated heterocycles. The minimum atomic E-state index is -1.30. The summed E-state index contributed by atoms with van der Waals surface area (Å²) in [6.07, 6.45) is -0.589. The molecule has 2 amide bonds. The smallest absolute Gasteiger partial charge is 0.305 e. The van der Waals surface area contributed by atoms with Crippen LogP contribution >= 0.6 is 0 Å². The number of amides is 2. The Morgan fingerprint density at radius 1 is 1.00 bits per heavy atom. The van der Waals surface area contributed by atoms with Crippen molar-refractivity contribution in [1.29, 1.82) is 0 Å². The van der Waals surface area contributed by atoms with Gasteiger partial charge in [0.25, 0.3) is 0 Å². The Bertz CT molecular complexity index is 835. The van der Waals surface area contributed by atoms with E-state index in [0.717, 1.165) is 5.56 Å². The molecule has 154 valence electrons. The van der Waals surface area contributed by atoms with Gasteiger partial charge >= 0.3 is 5.97 Å². The van der Waals surface area contributed by atoms with Gasteiger partial charge in [-0.15, -0.1) is 0 Å². The van der Waals surface area contributed by atoms with E-state index in [1.54, 1.807) is 30.3 Å². The van der Waals surface area contributed by atoms with Crippen LogP contribution in [-0.4, -0.2) is 42.6 Å². The Morgan fingerprint density at radius 2 is 1.59 bits per heavy atom. The number of aliphatic carboxylic acids is 1. The highest BCUT2D eigenvalue weighted by Gasteiger charge is 2.28. The van der Waals surface area contributed by atoms with Crippen LogP contribution in [0.1, 0.15) is 29.6 Å². The molecule has 8 heteroatoms. The van der Waals surface area contributed by atoms with Crippen molar-refractivity contribution in [1.82, 2.24) is 10.6 Å². The van der Waals surface area contributed by atoms with Crippen LogP contribution in [0.5, 0.6) is 0 Å². The number of carboxylic acids is 1. The zero-order valence-corrected chi connectivity index (χ0v) is 16.0. The second-order valence-electron chi connectivity index (χ2n) is 6.43. The van der Waals surface area contributed by atoms with Gasteiger partial charge in [0, 0.05) is 7.11 Å². The van der Waals surface area contributed by atoms with Gasteiger partial charge in [0.05, 0.1) is 25.1 Å². The number of benzene rings is 2. The largest absolute Gasteiger partial charge is 0.481 e. The van der Waals surface area contributed by atoms with Crippen LogP contribution in [0.15, 0.2) is 60.7 Å². The third kappa shape index (κ3) is 6.70. The van der Waals surface area contributed by atoms with Crippen molar-refractivity contribution >= 4 is 17.8 Å². The predicted octanol–water partition coefficient (Wildman–Crippen LogP) is 1.15. The third-order valence-electron chi connectivity index (χ3n) is 4.23. The van der Waals surface area contributed by atoms with Crippen LogP contribution in [0.3, 0.4) is 0 Å². The van der Waals surface area contributed by atoms with Crippen molar-refractivity contribution in [2.45, 2.75) is 24.5 Å². The maximum atomic E-state index is 13.1. The number of carbonyl (C=O) groups is 3. The maximum absolute atomic E-state index is 13.1. The first-order valence-corrected chi connectivity index (χ1v) is 9.05. The van der Waals surface area contributed by atoms with Gasteiger partial charge in [0.1, 0.15) is 7.45 Å². The Morgan fingerprint density at radius 3 is 2.10 bits per heavy atom. The SMILES string of the molecule is [2H]N[C@@H](CC(=O)O)C(=O)NC(C(=O)N[C@@H](COC)c1ccccc1)c1ccccc1. The van der Waals surface area contributed by atoms with Gasteiger partial charge in [-0.05, 0) is 11.1 Å². The van der Waals surface area contributed by atoms with Gasteiger partial charge in [-0.25, -0.2) is 0 Å². The van der Waals surface area contributed by atoms with Crippen molar-refractivity contribution < 1.29 is 25.6 Å². The first-order chi connectivity index (χ1) is 14.5. The van der Waals surface area contributed by atoms with E-state index in [-0.39, 0.29) is 6.61 Å². The number of nitrogens with one attached hydrogen (secondary N) is 2. The van der Waals surface area contributed by atoms with Crippen molar-refractivity contribution in [3.63, 3.8) is 0 Å². The van der Waals surface area contributed by atoms with E-state index in [2.05, 4.69) is 10.6 Å². The Hall–Kier alpha value is -3.23. The molecule has 0 aromatic heterocycles. The Kier molecular flexibility index (Phi) is 7.73. The fraction of sp³-hybridized carbons (Fsp3) is 0.286. The number of carboxylic acid groups (broad SMARTS) is 1. The molecule has 0 heterocycles. The minimum Gasteiger partial charge on any atom is -0.481 e. The van der Waals surface area contributed by atoms with E-state index in [4.69, 9.17) is 11.3 Å². The number of methoxy groups -OCH3 is 1. The lowest BCUT2D eigenvalue weighted by Gasteiger charge is -2.24. The zero-order chi connectivity index (χ0) is 21.9. The molecule has 2 rings (SSSR count). The van der Waals surface area contributed by atoms with E-state index < -0.39 is 42.3 Å². The molecule has 5 N–H and O–H groups in total. The molecule has 3 atom stereocenters. The van der Waals surface area contributed by atoms with Gasteiger partial charge in [-0.2, -0.15) is 0 Å². The van der Waals surface area contributed by atoms with Crippen molar-refractivity contribution in [3.8, 4) is 0 Å². The van der Waals surface area contributed by atoms with Crippen LogP contribution in [0.4, 0.5) is 0 Å². The normalized spacial score (nSPS) is 14.2. The molecule has 0 aliphatic carbocycles. The highest BCUT2D eigenvalue weighted by molar-refractivity contribution is 5.92. The summed E-state index contributed by atoms with van der Waals surface area (Å²) in [6, 6.07) is 15.0. The Labute approximate surface area is 170 Å². The van der Waals surface area contributed by atoms with Gasteiger partial charge in [-0.3, -0.25) is 14.4 Å². The van der Waals surface area contributed by atoms with E-state index in [0.29, 0.717) is 5.56 Å². The molecule has 2 aromatic rings. The van der Waals surface area contributed by atoms with Crippen LogP contribution in [0.25, 0.3) is 0 Å². The zero-order valence-electron chi connectivity index (χ0n) is 17.0. The molecule has 2 aromatic carbocycles. The van der Waals surface area contributed by atoms with Crippen LogP contribution in [0, 0.1) is 0 Å². The maximum Gasteiger partial charge on any atom is 0.305 e. The van der Waals surface area contributed by atoms with Gasteiger partial charge in [0.2, 0.25) is 11.8 Å².